The highest BCUT2D eigenvalue weighted by molar-refractivity contribution is 5.95. The Labute approximate surface area is 144 Å². The fourth-order valence-corrected chi connectivity index (χ4v) is 2.41. The molecule has 0 aromatic heterocycles. The molecule has 1 aromatic carbocycles. The van der Waals surface area contributed by atoms with Crippen molar-refractivity contribution in [3.8, 4) is 0 Å². The maximum atomic E-state index is 13.0. The average molecular weight is 352 g/mol. The summed E-state index contributed by atoms with van der Waals surface area (Å²) in [6.45, 7) is 3.24. The first kappa shape index (κ1) is 18.8. The number of rotatable bonds is 5. The number of carbonyl (C=O) groups is 3. The molecule has 3 amide bonds. The summed E-state index contributed by atoms with van der Waals surface area (Å²) in [6, 6.07) is 4.58. The Morgan fingerprint density at radius 2 is 1.96 bits per heavy atom. The van der Waals surface area contributed by atoms with Gasteiger partial charge in [-0.3, -0.25) is 20.3 Å². The Bertz CT molecular complexity index is 636. The number of hydrogen-bond acceptors (Lipinski definition) is 6. The highest BCUT2D eigenvalue weighted by Crippen LogP contribution is 2.26. The second kappa shape index (κ2) is 8.54. The SMILES string of the molecule is CC(C)NC(=O)NC(=O)COC(=O)C1CNNC1c1ccc(F)cc1. The third-order valence-corrected chi connectivity index (χ3v) is 3.53. The van der Waals surface area contributed by atoms with Crippen LogP contribution < -0.4 is 21.5 Å². The normalized spacial score (nSPS) is 19.5. The van der Waals surface area contributed by atoms with Crippen molar-refractivity contribution >= 4 is 17.9 Å². The molecule has 1 saturated heterocycles. The van der Waals surface area contributed by atoms with Gasteiger partial charge in [0.2, 0.25) is 0 Å². The number of imide groups is 1. The molecule has 136 valence electrons. The van der Waals surface area contributed by atoms with Gasteiger partial charge in [-0.2, -0.15) is 0 Å². The Kier molecular flexibility index (Phi) is 6.43. The smallest absolute Gasteiger partial charge is 0.321 e. The van der Waals surface area contributed by atoms with E-state index < -0.39 is 36.5 Å². The van der Waals surface area contributed by atoms with Crippen molar-refractivity contribution in [2.24, 2.45) is 5.92 Å². The fourth-order valence-electron chi connectivity index (χ4n) is 2.41. The molecular formula is C16H21FN4O4. The first-order valence-corrected chi connectivity index (χ1v) is 7.87. The van der Waals surface area contributed by atoms with Crippen LogP contribution in [0.2, 0.25) is 0 Å². The van der Waals surface area contributed by atoms with E-state index in [1.807, 2.05) is 0 Å². The number of benzene rings is 1. The zero-order valence-electron chi connectivity index (χ0n) is 14.0. The zero-order chi connectivity index (χ0) is 18.4. The minimum Gasteiger partial charge on any atom is -0.455 e. The van der Waals surface area contributed by atoms with Gasteiger partial charge in [0.1, 0.15) is 5.82 Å². The van der Waals surface area contributed by atoms with Gasteiger partial charge in [0, 0.05) is 12.6 Å². The zero-order valence-corrected chi connectivity index (χ0v) is 14.0. The highest BCUT2D eigenvalue weighted by Gasteiger charge is 2.35. The summed E-state index contributed by atoms with van der Waals surface area (Å²) in [6.07, 6.45) is 0. The van der Waals surface area contributed by atoms with Crippen LogP contribution in [0.15, 0.2) is 24.3 Å². The molecular weight excluding hydrogens is 331 g/mol. The van der Waals surface area contributed by atoms with E-state index in [2.05, 4.69) is 21.5 Å². The number of carbonyl (C=O) groups excluding carboxylic acids is 3. The predicted molar refractivity (Wildman–Crippen MR) is 86.5 cm³/mol. The van der Waals surface area contributed by atoms with E-state index >= 15 is 0 Å². The van der Waals surface area contributed by atoms with Crippen molar-refractivity contribution < 1.29 is 23.5 Å². The summed E-state index contributed by atoms with van der Waals surface area (Å²) in [5.74, 6) is -2.26. The van der Waals surface area contributed by atoms with Crippen LogP contribution in [0, 0.1) is 11.7 Å². The number of amides is 3. The standard InChI is InChI=1S/C16H21FN4O4/c1-9(2)19-16(24)20-13(22)8-25-15(23)12-7-18-21-14(12)10-3-5-11(17)6-4-10/h3-6,9,12,14,18,21H,7-8H2,1-2H3,(H2,19,20,22,24). The summed E-state index contributed by atoms with van der Waals surface area (Å²) in [7, 11) is 0. The molecule has 1 aliphatic heterocycles. The third kappa shape index (κ3) is 5.50. The second-order valence-electron chi connectivity index (χ2n) is 5.95. The van der Waals surface area contributed by atoms with Crippen LogP contribution in [-0.2, 0) is 14.3 Å². The number of ether oxygens (including phenoxy) is 1. The molecule has 1 aromatic rings. The molecule has 2 rings (SSSR count). The predicted octanol–water partition coefficient (Wildman–Crippen LogP) is 0.368. The lowest BCUT2D eigenvalue weighted by Gasteiger charge is -2.17. The van der Waals surface area contributed by atoms with Crippen molar-refractivity contribution in [3.05, 3.63) is 35.6 Å². The maximum Gasteiger partial charge on any atom is 0.321 e. The number of esters is 1. The monoisotopic (exact) mass is 352 g/mol. The van der Waals surface area contributed by atoms with Gasteiger partial charge in [-0.1, -0.05) is 12.1 Å². The number of hydrazine groups is 1. The van der Waals surface area contributed by atoms with Gasteiger partial charge in [0.25, 0.3) is 5.91 Å². The number of nitrogens with one attached hydrogen (secondary N) is 4. The first-order valence-electron chi connectivity index (χ1n) is 7.87. The molecule has 0 spiro atoms. The van der Waals surface area contributed by atoms with E-state index in [0.717, 1.165) is 0 Å². The summed E-state index contributed by atoms with van der Waals surface area (Å²) >= 11 is 0. The maximum absolute atomic E-state index is 13.0. The topological polar surface area (TPSA) is 109 Å². The lowest BCUT2D eigenvalue weighted by Crippen LogP contribution is -2.44. The van der Waals surface area contributed by atoms with Gasteiger partial charge in [-0.25, -0.2) is 14.6 Å². The fraction of sp³-hybridized carbons (Fsp3) is 0.438. The summed E-state index contributed by atoms with van der Waals surface area (Å²) < 4.78 is 18.0. The van der Waals surface area contributed by atoms with E-state index in [1.165, 1.54) is 12.1 Å². The van der Waals surface area contributed by atoms with Crippen LogP contribution in [0.4, 0.5) is 9.18 Å². The van der Waals surface area contributed by atoms with Crippen LogP contribution in [0.1, 0.15) is 25.5 Å². The van der Waals surface area contributed by atoms with Gasteiger partial charge in [0.05, 0.1) is 12.0 Å². The largest absolute Gasteiger partial charge is 0.455 e. The molecule has 0 radical (unpaired) electrons. The van der Waals surface area contributed by atoms with E-state index in [0.29, 0.717) is 12.1 Å². The Hall–Kier alpha value is -2.52. The van der Waals surface area contributed by atoms with Gasteiger partial charge < -0.3 is 10.1 Å². The lowest BCUT2D eigenvalue weighted by atomic mass is 9.95. The Balaban J connectivity index is 1.86. The van der Waals surface area contributed by atoms with Crippen LogP contribution in [0.25, 0.3) is 0 Å². The van der Waals surface area contributed by atoms with Crippen LogP contribution in [0.5, 0.6) is 0 Å². The summed E-state index contributed by atoms with van der Waals surface area (Å²) in [4.78, 5) is 35.2. The van der Waals surface area contributed by atoms with Gasteiger partial charge in [-0.15, -0.1) is 0 Å². The van der Waals surface area contributed by atoms with Crippen molar-refractivity contribution in [3.63, 3.8) is 0 Å². The third-order valence-electron chi connectivity index (χ3n) is 3.53. The quantitative estimate of drug-likeness (QED) is 0.570. The highest BCUT2D eigenvalue weighted by atomic mass is 19.1. The van der Waals surface area contributed by atoms with Gasteiger partial charge in [-0.05, 0) is 31.5 Å². The molecule has 2 atom stereocenters. The van der Waals surface area contributed by atoms with Gasteiger partial charge >= 0.3 is 12.0 Å². The lowest BCUT2D eigenvalue weighted by molar-refractivity contribution is -0.152. The first-order chi connectivity index (χ1) is 11.9. The van der Waals surface area contributed by atoms with E-state index in [9.17, 15) is 18.8 Å². The molecule has 1 heterocycles. The summed E-state index contributed by atoms with van der Waals surface area (Å²) in [5, 5.41) is 4.55. The van der Waals surface area contributed by atoms with Crippen molar-refractivity contribution in [2.45, 2.75) is 25.9 Å². The number of halogens is 1. The molecule has 0 aliphatic carbocycles. The minimum atomic E-state index is -0.719. The number of hydrogen-bond donors (Lipinski definition) is 4. The summed E-state index contributed by atoms with van der Waals surface area (Å²) in [5.41, 5.74) is 6.49. The molecule has 2 unspecified atom stereocenters. The van der Waals surface area contributed by atoms with Gasteiger partial charge in [0.15, 0.2) is 6.61 Å². The Morgan fingerprint density at radius 1 is 1.28 bits per heavy atom. The van der Waals surface area contributed by atoms with E-state index in [4.69, 9.17) is 4.74 Å². The molecule has 0 saturated carbocycles. The molecule has 25 heavy (non-hydrogen) atoms. The minimum absolute atomic E-state index is 0.123. The molecule has 4 N–H and O–H groups in total. The van der Waals surface area contributed by atoms with Crippen LogP contribution in [-0.4, -0.2) is 37.1 Å². The molecule has 1 aliphatic rings. The van der Waals surface area contributed by atoms with Crippen molar-refractivity contribution in [1.29, 1.82) is 0 Å². The van der Waals surface area contributed by atoms with Crippen molar-refractivity contribution in [1.82, 2.24) is 21.5 Å². The average Bonchev–Trinajstić information content (AvgIpc) is 3.02. The molecule has 1 fully saturated rings. The van der Waals surface area contributed by atoms with E-state index in [-0.39, 0.29) is 11.9 Å². The van der Waals surface area contributed by atoms with Crippen LogP contribution in [0.3, 0.4) is 0 Å². The molecule has 0 bridgehead atoms. The van der Waals surface area contributed by atoms with E-state index in [1.54, 1.807) is 26.0 Å². The van der Waals surface area contributed by atoms with Crippen LogP contribution >= 0.6 is 0 Å². The second-order valence-corrected chi connectivity index (χ2v) is 5.95. The Morgan fingerprint density at radius 3 is 2.60 bits per heavy atom. The molecule has 9 heteroatoms. The molecule has 8 nitrogen and oxygen atoms in total. The number of urea groups is 1. The van der Waals surface area contributed by atoms with Crippen molar-refractivity contribution in [2.75, 3.05) is 13.2 Å².